The van der Waals surface area contributed by atoms with E-state index in [1.54, 1.807) is 11.8 Å². The predicted octanol–water partition coefficient (Wildman–Crippen LogP) is 4.33. The van der Waals surface area contributed by atoms with Crippen LogP contribution in [0.2, 0.25) is 0 Å². The monoisotopic (exact) mass is 248 g/mol. The van der Waals surface area contributed by atoms with E-state index >= 15 is 0 Å². The number of hydrogen-bond acceptors (Lipinski definition) is 3. The highest BCUT2D eigenvalue weighted by molar-refractivity contribution is 7.99. The molecular formula is C13H12OS2. The van der Waals surface area contributed by atoms with E-state index in [0.717, 1.165) is 16.1 Å². The summed E-state index contributed by atoms with van der Waals surface area (Å²) in [5, 5.41) is 2.02. The highest BCUT2D eigenvalue weighted by atomic mass is 32.2. The standard InChI is InChI=1S/C13H12OS2/c1-9-3-4-11(5-10(9)2)16-13-6-12(7-14)15-8-13/h3-8H,1-2H3. The lowest BCUT2D eigenvalue weighted by Crippen LogP contribution is -1.80. The molecule has 16 heavy (non-hydrogen) atoms. The van der Waals surface area contributed by atoms with Crippen molar-refractivity contribution in [2.24, 2.45) is 0 Å². The van der Waals surface area contributed by atoms with Gasteiger partial charge in [0.15, 0.2) is 6.29 Å². The topological polar surface area (TPSA) is 17.1 Å². The highest BCUT2D eigenvalue weighted by Crippen LogP contribution is 2.31. The van der Waals surface area contributed by atoms with E-state index in [1.165, 1.54) is 27.4 Å². The molecule has 0 bridgehead atoms. The molecule has 0 aliphatic heterocycles. The van der Waals surface area contributed by atoms with E-state index in [9.17, 15) is 4.79 Å². The maximum absolute atomic E-state index is 10.6. The average molecular weight is 248 g/mol. The van der Waals surface area contributed by atoms with E-state index in [1.807, 2.05) is 11.4 Å². The van der Waals surface area contributed by atoms with E-state index < -0.39 is 0 Å². The van der Waals surface area contributed by atoms with Crippen LogP contribution in [0.4, 0.5) is 0 Å². The summed E-state index contributed by atoms with van der Waals surface area (Å²) in [6.07, 6.45) is 0.898. The summed E-state index contributed by atoms with van der Waals surface area (Å²) >= 11 is 3.19. The Hall–Kier alpha value is -1.06. The summed E-state index contributed by atoms with van der Waals surface area (Å²) < 4.78 is 0. The van der Waals surface area contributed by atoms with Crippen molar-refractivity contribution < 1.29 is 4.79 Å². The van der Waals surface area contributed by atoms with Gasteiger partial charge in [-0.25, -0.2) is 0 Å². The minimum atomic E-state index is 0.784. The number of rotatable bonds is 3. The second-order valence-corrected chi connectivity index (χ2v) is 5.74. The molecule has 1 aromatic carbocycles. The van der Waals surface area contributed by atoms with E-state index in [0.29, 0.717) is 0 Å². The maximum Gasteiger partial charge on any atom is 0.160 e. The summed E-state index contributed by atoms with van der Waals surface area (Å²) in [6, 6.07) is 8.35. The van der Waals surface area contributed by atoms with Crippen LogP contribution in [0, 0.1) is 13.8 Å². The van der Waals surface area contributed by atoms with Crippen LogP contribution in [0.1, 0.15) is 20.8 Å². The van der Waals surface area contributed by atoms with E-state index in [2.05, 4.69) is 32.0 Å². The van der Waals surface area contributed by atoms with Crippen LogP contribution in [0.25, 0.3) is 0 Å². The Labute approximate surface area is 104 Å². The van der Waals surface area contributed by atoms with E-state index in [4.69, 9.17) is 0 Å². The molecule has 1 heterocycles. The zero-order valence-electron chi connectivity index (χ0n) is 9.19. The van der Waals surface area contributed by atoms with Crippen LogP contribution in [0.15, 0.2) is 39.4 Å². The molecule has 0 fully saturated rings. The Morgan fingerprint density at radius 1 is 1.12 bits per heavy atom. The summed E-state index contributed by atoms with van der Waals surface area (Å²) in [6.45, 7) is 4.22. The molecule has 0 spiro atoms. The lowest BCUT2D eigenvalue weighted by atomic mass is 10.1. The minimum Gasteiger partial charge on any atom is -0.297 e. The Morgan fingerprint density at radius 3 is 2.56 bits per heavy atom. The van der Waals surface area contributed by atoms with Gasteiger partial charge in [-0.2, -0.15) is 0 Å². The molecule has 82 valence electrons. The molecule has 1 aromatic heterocycles. The maximum atomic E-state index is 10.6. The molecule has 0 atom stereocenters. The zero-order chi connectivity index (χ0) is 11.5. The first kappa shape index (κ1) is 11.4. The first-order chi connectivity index (χ1) is 7.69. The van der Waals surface area contributed by atoms with Crippen molar-refractivity contribution in [2.75, 3.05) is 0 Å². The van der Waals surface area contributed by atoms with Gasteiger partial charge in [-0.05, 0) is 43.2 Å². The van der Waals surface area contributed by atoms with Crippen LogP contribution in [-0.4, -0.2) is 6.29 Å². The smallest absolute Gasteiger partial charge is 0.160 e. The van der Waals surface area contributed by atoms with Gasteiger partial charge in [0.2, 0.25) is 0 Å². The van der Waals surface area contributed by atoms with Gasteiger partial charge in [0, 0.05) is 15.2 Å². The zero-order valence-corrected chi connectivity index (χ0v) is 10.8. The molecular weight excluding hydrogens is 236 g/mol. The molecule has 0 amide bonds. The molecule has 3 heteroatoms. The number of carbonyl (C=O) groups is 1. The Balaban J connectivity index is 2.20. The third-order valence-corrected chi connectivity index (χ3v) is 4.39. The molecule has 0 N–H and O–H groups in total. The van der Waals surface area contributed by atoms with Crippen LogP contribution in [0.5, 0.6) is 0 Å². The number of benzene rings is 1. The van der Waals surface area contributed by atoms with Gasteiger partial charge in [0.05, 0.1) is 4.88 Å². The first-order valence-electron chi connectivity index (χ1n) is 4.98. The molecule has 0 aliphatic rings. The average Bonchev–Trinajstić information content (AvgIpc) is 2.71. The van der Waals surface area contributed by atoms with Crippen molar-refractivity contribution in [1.29, 1.82) is 0 Å². The van der Waals surface area contributed by atoms with Crippen LogP contribution in [-0.2, 0) is 0 Å². The fraction of sp³-hybridized carbons (Fsp3) is 0.154. The molecule has 2 aromatic rings. The van der Waals surface area contributed by atoms with Crippen LogP contribution >= 0.6 is 23.1 Å². The van der Waals surface area contributed by atoms with Crippen LogP contribution < -0.4 is 0 Å². The Morgan fingerprint density at radius 2 is 1.94 bits per heavy atom. The normalized spacial score (nSPS) is 10.4. The van der Waals surface area contributed by atoms with Crippen LogP contribution in [0.3, 0.4) is 0 Å². The summed E-state index contributed by atoms with van der Waals surface area (Å²) in [7, 11) is 0. The van der Waals surface area contributed by atoms with Gasteiger partial charge in [-0.15, -0.1) is 11.3 Å². The number of hydrogen-bond donors (Lipinski definition) is 0. The fourth-order valence-electron chi connectivity index (χ4n) is 1.36. The predicted molar refractivity (Wildman–Crippen MR) is 69.7 cm³/mol. The fourth-order valence-corrected chi connectivity index (χ4v) is 3.18. The third kappa shape index (κ3) is 2.54. The van der Waals surface area contributed by atoms with Gasteiger partial charge in [-0.3, -0.25) is 4.79 Å². The third-order valence-electron chi connectivity index (χ3n) is 2.43. The van der Waals surface area contributed by atoms with Crippen molar-refractivity contribution in [1.82, 2.24) is 0 Å². The summed E-state index contributed by atoms with van der Waals surface area (Å²) in [5.74, 6) is 0. The van der Waals surface area contributed by atoms with E-state index in [-0.39, 0.29) is 0 Å². The second-order valence-electron chi connectivity index (χ2n) is 3.65. The number of thiophene rings is 1. The molecule has 2 rings (SSSR count). The van der Waals surface area contributed by atoms with Gasteiger partial charge in [0.25, 0.3) is 0 Å². The molecule has 0 radical (unpaired) electrons. The molecule has 0 aliphatic carbocycles. The van der Waals surface area contributed by atoms with Gasteiger partial charge < -0.3 is 0 Å². The Bertz CT molecular complexity index is 514. The van der Waals surface area contributed by atoms with Crippen molar-refractivity contribution in [2.45, 2.75) is 23.6 Å². The second kappa shape index (κ2) is 4.85. The van der Waals surface area contributed by atoms with Gasteiger partial charge in [0.1, 0.15) is 0 Å². The molecule has 0 saturated heterocycles. The molecule has 0 unspecified atom stereocenters. The summed E-state index contributed by atoms with van der Waals surface area (Å²) in [4.78, 5) is 13.7. The Kier molecular flexibility index (Phi) is 3.46. The molecule has 1 nitrogen and oxygen atoms in total. The summed E-state index contributed by atoms with van der Waals surface area (Å²) in [5.41, 5.74) is 2.61. The van der Waals surface area contributed by atoms with Gasteiger partial charge in [-0.1, -0.05) is 17.8 Å². The van der Waals surface area contributed by atoms with Crippen molar-refractivity contribution in [3.63, 3.8) is 0 Å². The van der Waals surface area contributed by atoms with Crippen molar-refractivity contribution >= 4 is 29.4 Å². The lowest BCUT2D eigenvalue weighted by molar-refractivity contribution is 0.112. The van der Waals surface area contributed by atoms with Crippen molar-refractivity contribution in [3.05, 3.63) is 45.6 Å². The van der Waals surface area contributed by atoms with Crippen molar-refractivity contribution in [3.8, 4) is 0 Å². The number of carbonyl (C=O) groups excluding carboxylic acids is 1. The quantitative estimate of drug-likeness (QED) is 0.752. The largest absolute Gasteiger partial charge is 0.297 e. The minimum absolute atomic E-state index is 0.784. The highest BCUT2D eigenvalue weighted by Gasteiger charge is 2.02. The number of aldehydes is 1. The SMILES string of the molecule is Cc1ccc(Sc2csc(C=O)c2)cc1C. The van der Waals surface area contributed by atoms with Gasteiger partial charge >= 0.3 is 0 Å². The molecule has 0 saturated carbocycles. The number of aryl methyl sites for hydroxylation is 2. The first-order valence-corrected chi connectivity index (χ1v) is 6.67. The lowest BCUT2D eigenvalue weighted by Gasteiger charge is -2.03.